The molecule has 0 aliphatic rings. The molecule has 1 heteroatoms. The Morgan fingerprint density at radius 1 is 0.812 bits per heavy atom. The Morgan fingerprint density at radius 3 is 2.50 bits per heavy atom. The fourth-order valence-corrected chi connectivity index (χ4v) is 2.34. The van der Waals surface area contributed by atoms with Gasteiger partial charge in [0.25, 0.3) is 0 Å². The van der Waals surface area contributed by atoms with E-state index in [0.717, 1.165) is 5.75 Å². The lowest BCUT2D eigenvalue weighted by atomic mass is 10.00. The van der Waals surface area contributed by atoms with Gasteiger partial charge in [0.05, 0.1) is 0 Å². The molecule has 0 bridgehead atoms. The molecule has 2 aromatic rings. The van der Waals surface area contributed by atoms with E-state index in [2.05, 4.69) is 55.1 Å². The molecule has 0 nitrogen and oxygen atoms in total. The van der Waals surface area contributed by atoms with Crippen molar-refractivity contribution < 1.29 is 0 Å². The fraction of sp³-hybridized carbons (Fsp3) is 0.333. The van der Waals surface area contributed by atoms with Crippen LogP contribution in [-0.4, -0.2) is 5.75 Å². The highest BCUT2D eigenvalue weighted by Gasteiger charge is 1.99. The summed E-state index contributed by atoms with van der Waals surface area (Å²) in [5.41, 5.74) is 1.48. The van der Waals surface area contributed by atoms with Gasteiger partial charge in [-0.1, -0.05) is 48.9 Å². The second kappa shape index (κ2) is 5.95. The summed E-state index contributed by atoms with van der Waals surface area (Å²) in [5, 5.41) is 2.77. The normalized spacial score (nSPS) is 10.8. The number of unbranched alkanes of at least 4 members (excludes halogenated alkanes) is 2. The van der Waals surface area contributed by atoms with E-state index in [1.54, 1.807) is 0 Å². The smallest absolute Gasteiger partial charge is 0.00979 e. The second-order valence-corrected chi connectivity index (χ2v) is 4.62. The average Bonchev–Trinajstić information content (AvgIpc) is 2.35. The van der Waals surface area contributed by atoms with Crippen LogP contribution < -0.4 is 0 Å². The number of hydrogen-bond acceptors (Lipinski definition) is 1. The zero-order valence-corrected chi connectivity index (χ0v) is 10.4. The number of benzene rings is 2. The lowest BCUT2D eigenvalue weighted by Gasteiger charge is -2.06. The van der Waals surface area contributed by atoms with Crippen LogP contribution in [0.25, 0.3) is 10.8 Å². The van der Waals surface area contributed by atoms with Gasteiger partial charge in [0.1, 0.15) is 0 Å². The van der Waals surface area contributed by atoms with Crippen LogP contribution in [0.1, 0.15) is 24.8 Å². The molecule has 2 aromatic carbocycles. The molecule has 0 N–H and O–H groups in total. The SMILES string of the molecule is SCCCCCc1cccc2ccccc12. The van der Waals surface area contributed by atoms with Gasteiger partial charge >= 0.3 is 0 Å². The van der Waals surface area contributed by atoms with Gasteiger partial charge in [0.15, 0.2) is 0 Å². The summed E-state index contributed by atoms with van der Waals surface area (Å²) >= 11 is 4.24. The van der Waals surface area contributed by atoms with Gasteiger partial charge in [0, 0.05) is 0 Å². The van der Waals surface area contributed by atoms with Crippen LogP contribution in [0, 0.1) is 0 Å². The van der Waals surface area contributed by atoms with Crippen LogP contribution in [0.15, 0.2) is 42.5 Å². The zero-order valence-electron chi connectivity index (χ0n) is 9.52. The summed E-state index contributed by atoms with van der Waals surface area (Å²) in [7, 11) is 0. The van der Waals surface area contributed by atoms with E-state index >= 15 is 0 Å². The van der Waals surface area contributed by atoms with E-state index in [1.807, 2.05) is 0 Å². The summed E-state index contributed by atoms with van der Waals surface area (Å²) in [6, 6.07) is 15.2. The number of thiol groups is 1. The van der Waals surface area contributed by atoms with Gasteiger partial charge in [-0.05, 0) is 41.4 Å². The highest BCUT2D eigenvalue weighted by molar-refractivity contribution is 7.80. The Bertz CT molecular complexity index is 443. The topological polar surface area (TPSA) is 0 Å². The molecule has 0 aromatic heterocycles. The second-order valence-electron chi connectivity index (χ2n) is 4.17. The molecule has 0 aliphatic carbocycles. The minimum absolute atomic E-state index is 1.01. The molecule has 0 atom stereocenters. The van der Waals surface area contributed by atoms with E-state index < -0.39 is 0 Å². The fourth-order valence-electron chi connectivity index (χ4n) is 2.11. The molecule has 0 spiro atoms. The van der Waals surface area contributed by atoms with E-state index in [-0.39, 0.29) is 0 Å². The van der Waals surface area contributed by atoms with Crippen molar-refractivity contribution in [3.05, 3.63) is 48.0 Å². The number of fused-ring (bicyclic) bond motifs is 1. The molecular formula is C15H18S. The lowest BCUT2D eigenvalue weighted by molar-refractivity contribution is 0.725. The summed E-state index contributed by atoms with van der Waals surface area (Å²) in [4.78, 5) is 0. The van der Waals surface area contributed by atoms with Gasteiger partial charge in [-0.15, -0.1) is 0 Å². The van der Waals surface area contributed by atoms with Crippen LogP contribution in [-0.2, 0) is 6.42 Å². The van der Waals surface area contributed by atoms with E-state index in [4.69, 9.17) is 0 Å². The summed E-state index contributed by atoms with van der Waals surface area (Å²) in [5.74, 6) is 1.01. The third-order valence-electron chi connectivity index (χ3n) is 2.98. The molecule has 0 aliphatic heterocycles. The van der Waals surface area contributed by atoms with Crippen LogP contribution in [0.5, 0.6) is 0 Å². The van der Waals surface area contributed by atoms with Crippen molar-refractivity contribution in [1.29, 1.82) is 0 Å². The zero-order chi connectivity index (χ0) is 11.2. The first-order valence-electron chi connectivity index (χ1n) is 5.99. The maximum atomic E-state index is 4.24. The van der Waals surface area contributed by atoms with Gasteiger partial charge < -0.3 is 0 Å². The molecule has 2 rings (SSSR count). The van der Waals surface area contributed by atoms with Crippen molar-refractivity contribution in [2.45, 2.75) is 25.7 Å². The van der Waals surface area contributed by atoms with Gasteiger partial charge in [0.2, 0.25) is 0 Å². The molecule has 0 unspecified atom stereocenters. The number of aryl methyl sites for hydroxylation is 1. The van der Waals surface area contributed by atoms with Crippen molar-refractivity contribution in [3.8, 4) is 0 Å². The first-order chi connectivity index (χ1) is 7.92. The van der Waals surface area contributed by atoms with Gasteiger partial charge in [-0.25, -0.2) is 0 Å². The summed E-state index contributed by atoms with van der Waals surface area (Å²) in [6.07, 6.45) is 4.98. The third-order valence-corrected chi connectivity index (χ3v) is 3.30. The molecule has 0 heterocycles. The Labute approximate surface area is 103 Å². The molecule has 0 radical (unpaired) electrons. The molecule has 16 heavy (non-hydrogen) atoms. The standard InChI is InChI=1S/C15H18S/c16-12-5-1-2-7-13-9-6-10-14-8-3-4-11-15(13)14/h3-4,6,8-11,16H,1-2,5,7,12H2. The predicted molar refractivity (Wildman–Crippen MR) is 75.4 cm³/mol. The largest absolute Gasteiger partial charge is 0.179 e. The molecule has 0 fully saturated rings. The molecule has 0 saturated heterocycles. The lowest BCUT2D eigenvalue weighted by Crippen LogP contribution is -1.88. The summed E-state index contributed by atoms with van der Waals surface area (Å²) in [6.45, 7) is 0. The van der Waals surface area contributed by atoms with Crippen LogP contribution in [0.4, 0.5) is 0 Å². The van der Waals surface area contributed by atoms with Gasteiger partial charge in [-0.2, -0.15) is 12.6 Å². The monoisotopic (exact) mass is 230 g/mol. The van der Waals surface area contributed by atoms with Crippen molar-refractivity contribution in [2.24, 2.45) is 0 Å². The van der Waals surface area contributed by atoms with Crippen molar-refractivity contribution in [2.75, 3.05) is 5.75 Å². The van der Waals surface area contributed by atoms with E-state index in [0.29, 0.717) is 0 Å². The Hall–Kier alpha value is -0.950. The first kappa shape index (κ1) is 11.5. The molecular weight excluding hydrogens is 212 g/mol. The average molecular weight is 230 g/mol. The maximum absolute atomic E-state index is 4.24. The Morgan fingerprint density at radius 2 is 1.62 bits per heavy atom. The number of rotatable bonds is 5. The highest BCUT2D eigenvalue weighted by atomic mass is 32.1. The van der Waals surface area contributed by atoms with Crippen molar-refractivity contribution >= 4 is 23.4 Å². The minimum atomic E-state index is 1.01. The first-order valence-corrected chi connectivity index (χ1v) is 6.62. The van der Waals surface area contributed by atoms with Crippen LogP contribution >= 0.6 is 12.6 Å². The van der Waals surface area contributed by atoms with Crippen LogP contribution in [0.3, 0.4) is 0 Å². The summed E-state index contributed by atoms with van der Waals surface area (Å²) < 4.78 is 0. The van der Waals surface area contributed by atoms with E-state index in [9.17, 15) is 0 Å². The van der Waals surface area contributed by atoms with Gasteiger partial charge in [-0.3, -0.25) is 0 Å². The van der Waals surface area contributed by atoms with E-state index in [1.165, 1.54) is 42.0 Å². The molecule has 84 valence electrons. The molecule has 0 saturated carbocycles. The quantitative estimate of drug-likeness (QED) is 0.568. The van der Waals surface area contributed by atoms with Crippen molar-refractivity contribution in [3.63, 3.8) is 0 Å². The Balaban J connectivity index is 2.11. The highest BCUT2D eigenvalue weighted by Crippen LogP contribution is 2.20. The molecule has 0 amide bonds. The van der Waals surface area contributed by atoms with Crippen molar-refractivity contribution in [1.82, 2.24) is 0 Å². The Kier molecular flexibility index (Phi) is 4.29. The van der Waals surface area contributed by atoms with Crippen LogP contribution in [0.2, 0.25) is 0 Å². The minimum Gasteiger partial charge on any atom is -0.179 e. The number of hydrogen-bond donors (Lipinski definition) is 1. The third kappa shape index (κ3) is 2.79. The predicted octanol–water partition coefficient (Wildman–Crippen LogP) is 4.48. The maximum Gasteiger partial charge on any atom is -0.00979 e.